The maximum atomic E-state index is 11.6. The SMILES string of the molecule is CC1CC1NC(=O)C(Br)C(C)(C)C. The van der Waals surface area contributed by atoms with Crippen LogP contribution >= 0.6 is 15.9 Å². The molecule has 1 N–H and O–H groups in total. The molecule has 2 nitrogen and oxygen atoms in total. The number of amides is 1. The van der Waals surface area contributed by atoms with Crippen molar-refractivity contribution in [2.75, 3.05) is 0 Å². The van der Waals surface area contributed by atoms with Crippen molar-refractivity contribution in [1.82, 2.24) is 5.32 Å². The first-order chi connectivity index (χ1) is 5.82. The summed E-state index contributed by atoms with van der Waals surface area (Å²) < 4.78 is 0. The maximum Gasteiger partial charge on any atom is 0.234 e. The third kappa shape index (κ3) is 2.97. The third-order valence-corrected chi connectivity index (χ3v) is 4.22. The Morgan fingerprint density at radius 3 is 2.31 bits per heavy atom. The molecule has 0 aliphatic heterocycles. The number of hydrogen-bond donors (Lipinski definition) is 1. The van der Waals surface area contributed by atoms with Gasteiger partial charge in [-0.25, -0.2) is 0 Å². The molecule has 13 heavy (non-hydrogen) atoms. The van der Waals surface area contributed by atoms with E-state index in [1.54, 1.807) is 0 Å². The van der Waals surface area contributed by atoms with E-state index in [1.807, 2.05) is 0 Å². The average molecular weight is 248 g/mol. The fraction of sp³-hybridized carbons (Fsp3) is 0.900. The summed E-state index contributed by atoms with van der Waals surface area (Å²) in [5.74, 6) is 0.797. The summed E-state index contributed by atoms with van der Waals surface area (Å²) >= 11 is 3.43. The molecule has 0 saturated heterocycles. The number of nitrogens with one attached hydrogen (secondary N) is 1. The zero-order valence-corrected chi connectivity index (χ0v) is 10.3. The molecule has 0 aromatic carbocycles. The van der Waals surface area contributed by atoms with E-state index in [2.05, 4.69) is 48.9 Å². The van der Waals surface area contributed by atoms with Crippen LogP contribution < -0.4 is 5.32 Å². The van der Waals surface area contributed by atoms with Gasteiger partial charge in [-0.1, -0.05) is 43.6 Å². The van der Waals surface area contributed by atoms with E-state index in [-0.39, 0.29) is 16.1 Å². The molecule has 3 atom stereocenters. The summed E-state index contributed by atoms with van der Waals surface area (Å²) in [6.45, 7) is 8.33. The predicted octanol–water partition coefficient (Wildman–Crippen LogP) is 2.32. The van der Waals surface area contributed by atoms with E-state index in [9.17, 15) is 4.79 Å². The highest BCUT2D eigenvalue weighted by atomic mass is 79.9. The lowest BCUT2D eigenvalue weighted by molar-refractivity contribution is -0.122. The van der Waals surface area contributed by atoms with Gasteiger partial charge in [0.2, 0.25) is 5.91 Å². The van der Waals surface area contributed by atoms with Gasteiger partial charge < -0.3 is 5.32 Å². The molecule has 0 aromatic heterocycles. The summed E-state index contributed by atoms with van der Waals surface area (Å²) in [7, 11) is 0. The van der Waals surface area contributed by atoms with Crippen LogP contribution in [0.25, 0.3) is 0 Å². The Hall–Kier alpha value is -0.0500. The van der Waals surface area contributed by atoms with E-state index < -0.39 is 0 Å². The van der Waals surface area contributed by atoms with Crippen LogP contribution in [-0.2, 0) is 4.79 Å². The number of hydrogen-bond acceptors (Lipinski definition) is 1. The molecule has 1 aliphatic carbocycles. The molecule has 3 heteroatoms. The second kappa shape index (κ2) is 3.60. The van der Waals surface area contributed by atoms with Gasteiger partial charge in [0, 0.05) is 6.04 Å². The number of alkyl halides is 1. The minimum Gasteiger partial charge on any atom is -0.352 e. The number of carbonyl (C=O) groups is 1. The van der Waals surface area contributed by atoms with Crippen LogP contribution in [-0.4, -0.2) is 16.8 Å². The van der Waals surface area contributed by atoms with Crippen molar-refractivity contribution in [3.8, 4) is 0 Å². The topological polar surface area (TPSA) is 29.1 Å². The van der Waals surface area contributed by atoms with E-state index >= 15 is 0 Å². The van der Waals surface area contributed by atoms with Gasteiger partial charge in [0.15, 0.2) is 0 Å². The summed E-state index contributed by atoms with van der Waals surface area (Å²) in [4.78, 5) is 11.5. The maximum absolute atomic E-state index is 11.6. The van der Waals surface area contributed by atoms with Gasteiger partial charge in [-0.3, -0.25) is 4.79 Å². The first-order valence-corrected chi connectivity index (χ1v) is 5.68. The van der Waals surface area contributed by atoms with Crippen LogP contribution in [0.1, 0.15) is 34.1 Å². The lowest BCUT2D eigenvalue weighted by atomic mass is 9.92. The monoisotopic (exact) mass is 247 g/mol. The first-order valence-electron chi connectivity index (χ1n) is 4.77. The van der Waals surface area contributed by atoms with Crippen molar-refractivity contribution in [1.29, 1.82) is 0 Å². The van der Waals surface area contributed by atoms with Crippen LogP contribution in [0.5, 0.6) is 0 Å². The van der Waals surface area contributed by atoms with Gasteiger partial charge in [0.1, 0.15) is 0 Å². The normalized spacial score (nSPS) is 29.6. The van der Waals surface area contributed by atoms with E-state index in [4.69, 9.17) is 0 Å². The van der Waals surface area contributed by atoms with Crippen LogP contribution in [0.4, 0.5) is 0 Å². The molecule has 1 aliphatic rings. The Morgan fingerprint density at radius 1 is 1.54 bits per heavy atom. The number of rotatable bonds is 2. The molecule has 1 rings (SSSR count). The van der Waals surface area contributed by atoms with Crippen molar-refractivity contribution in [2.24, 2.45) is 11.3 Å². The van der Waals surface area contributed by atoms with E-state index in [1.165, 1.54) is 0 Å². The molecule has 1 amide bonds. The van der Waals surface area contributed by atoms with Crippen molar-refractivity contribution in [2.45, 2.75) is 45.0 Å². The molecule has 1 saturated carbocycles. The predicted molar refractivity (Wildman–Crippen MR) is 57.9 cm³/mol. The highest BCUT2D eigenvalue weighted by Crippen LogP contribution is 2.31. The molecule has 0 radical (unpaired) electrons. The smallest absolute Gasteiger partial charge is 0.234 e. The first kappa shape index (κ1) is 11.0. The zero-order valence-electron chi connectivity index (χ0n) is 8.73. The summed E-state index contributed by atoms with van der Waals surface area (Å²) in [6, 6.07) is 0.426. The lowest BCUT2D eigenvalue weighted by Gasteiger charge is -2.24. The van der Waals surface area contributed by atoms with Crippen LogP contribution in [0.3, 0.4) is 0 Å². The largest absolute Gasteiger partial charge is 0.352 e. The van der Waals surface area contributed by atoms with Crippen LogP contribution in [0.15, 0.2) is 0 Å². The quantitative estimate of drug-likeness (QED) is 0.746. The molecule has 0 bridgehead atoms. The van der Waals surface area contributed by atoms with Gasteiger partial charge in [0.05, 0.1) is 4.83 Å². The molecule has 1 fully saturated rings. The minimum atomic E-state index is -0.0900. The zero-order chi connectivity index (χ0) is 10.2. The molecule has 0 heterocycles. The van der Waals surface area contributed by atoms with Gasteiger partial charge in [-0.15, -0.1) is 0 Å². The Bertz CT molecular complexity index is 209. The van der Waals surface area contributed by atoms with Gasteiger partial charge in [-0.2, -0.15) is 0 Å². The minimum absolute atomic E-state index is 0.0117. The molecular formula is C10H18BrNO. The Kier molecular flexibility index (Phi) is 3.05. The third-order valence-electron chi connectivity index (χ3n) is 2.43. The fourth-order valence-electron chi connectivity index (χ4n) is 1.17. The highest BCUT2D eigenvalue weighted by Gasteiger charge is 2.37. The Labute approximate surface area is 88.6 Å². The Morgan fingerprint density at radius 2 is 2.00 bits per heavy atom. The second-order valence-corrected chi connectivity index (χ2v) is 5.97. The van der Waals surface area contributed by atoms with Crippen molar-refractivity contribution >= 4 is 21.8 Å². The van der Waals surface area contributed by atoms with Crippen LogP contribution in [0.2, 0.25) is 0 Å². The van der Waals surface area contributed by atoms with Crippen molar-refractivity contribution in [3.05, 3.63) is 0 Å². The van der Waals surface area contributed by atoms with Crippen molar-refractivity contribution < 1.29 is 4.79 Å². The molecule has 3 unspecified atom stereocenters. The lowest BCUT2D eigenvalue weighted by Crippen LogP contribution is -2.40. The molecule has 0 spiro atoms. The van der Waals surface area contributed by atoms with E-state index in [0.717, 1.165) is 6.42 Å². The second-order valence-electron chi connectivity index (χ2n) is 5.06. The fourth-order valence-corrected chi connectivity index (χ4v) is 1.30. The van der Waals surface area contributed by atoms with Gasteiger partial charge in [-0.05, 0) is 17.8 Å². The molecule has 76 valence electrons. The van der Waals surface area contributed by atoms with E-state index in [0.29, 0.717) is 12.0 Å². The molecular weight excluding hydrogens is 230 g/mol. The Balaban J connectivity index is 2.39. The molecule has 0 aromatic rings. The number of halogens is 1. The summed E-state index contributed by atoms with van der Waals surface area (Å²) in [6.07, 6.45) is 1.13. The number of carbonyl (C=O) groups excluding carboxylic acids is 1. The van der Waals surface area contributed by atoms with Crippen molar-refractivity contribution in [3.63, 3.8) is 0 Å². The average Bonchev–Trinajstić information content (AvgIpc) is 2.63. The van der Waals surface area contributed by atoms with Gasteiger partial charge >= 0.3 is 0 Å². The summed E-state index contributed by atoms with van der Waals surface area (Å²) in [5.41, 5.74) is -0.0117. The van der Waals surface area contributed by atoms with Gasteiger partial charge in [0.25, 0.3) is 0 Å². The standard InChI is InChI=1S/C10H18BrNO/c1-6-5-7(6)12-9(13)8(11)10(2,3)4/h6-8H,5H2,1-4H3,(H,12,13). The highest BCUT2D eigenvalue weighted by molar-refractivity contribution is 9.10. The summed E-state index contributed by atoms with van der Waals surface area (Å²) in [5, 5.41) is 3.02. The van der Waals surface area contributed by atoms with Crippen LogP contribution in [0, 0.1) is 11.3 Å².